The summed E-state index contributed by atoms with van der Waals surface area (Å²) in [6.45, 7) is 1.09. The van der Waals surface area contributed by atoms with Crippen molar-refractivity contribution in [2.75, 3.05) is 20.6 Å². The molecule has 4 heteroatoms. The van der Waals surface area contributed by atoms with E-state index in [0.717, 1.165) is 38.3 Å². The second-order valence-corrected chi connectivity index (χ2v) is 7.09. The minimum atomic E-state index is -0.454. The van der Waals surface area contributed by atoms with E-state index in [4.69, 9.17) is 5.73 Å². The number of nitrogens with zero attached hydrogens (tertiary/aromatic N) is 1. The van der Waals surface area contributed by atoms with Crippen LogP contribution in [0.4, 0.5) is 0 Å². The van der Waals surface area contributed by atoms with Gasteiger partial charge in [0.05, 0.1) is 0 Å². The maximum atomic E-state index is 11.9. The van der Waals surface area contributed by atoms with E-state index in [9.17, 15) is 4.79 Å². The lowest BCUT2D eigenvalue weighted by Crippen LogP contribution is -2.57. The van der Waals surface area contributed by atoms with Gasteiger partial charge in [0.2, 0.25) is 5.91 Å². The van der Waals surface area contributed by atoms with Crippen molar-refractivity contribution in [2.24, 2.45) is 11.7 Å². The van der Waals surface area contributed by atoms with Gasteiger partial charge in [-0.2, -0.15) is 0 Å². The molecule has 122 valence electrons. The Hall–Kier alpha value is -0.610. The Bertz CT molecular complexity index is 339. The summed E-state index contributed by atoms with van der Waals surface area (Å²) in [5.41, 5.74) is 5.23. The first-order valence-electron chi connectivity index (χ1n) is 8.79. The minimum absolute atomic E-state index is 0.162. The molecule has 0 spiro atoms. The molecule has 2 unspecified atom stereocenters. The smallest absolute Gasteiger partial charge is 0.238 e. The molecule has 1 amide bonds. The van der Waals surface area contributed by atoms with E-state index in [1.165, 1.54) is 38.5 Å². The van der Waals surface area contributed by atoms with Crippen molar-refractivity contribution in [3.8, 4) is 0 Å². The zero-order chi connectivity index (χ0) is 15.3. The Morgan fingerprint density at radius 1 is 1.19 bits per heavy atom. The molecule has 2 aliphatic rings. The van der Waals surface area contributed by atoms with Gasteiger partial charge in [0, 0.05) is 6.04 Å². The van der Waals surface area contributed by atoms with Gasteiger partial charge in [-0.25, -0.2) is 0 Å². The largest absolute Gasteiger partial charge is 0.368 e. The molecule has 2 fully saturated rings. The standard InChI is InChI=1S/C17H33N3O/c1-19-17(16(18)21)12-7-8-14(17)11-13-20(2)15-9-5-3-4-6-10-15/h14-15,19H,3-13H2,1-2H3,(H2,18,21). The van der Waals surface area contributed by atoms with Crippen molar-refractivity contribution in [1.29, 1.82) is 0 Å². The summed E-state index contributed by atoms with van der Waals surface area (Å²) in [6.07, 6.45) is 12.5. The van der Waals surface area contributed by atoms with Crippen molar-refractivity contribution in [3.05, 3.63) is 0 Å². The molecule has 0 radical (unpaired) electrons. The molecule has 0 heterocycles. The molecule has 0 aliphatic heterocycles. The van der Waals surface area contributed by atoms with Crippen molar-refractivity contribution in [2.45, 2.75) is 75.8 Å². The van der Waals surface area contributed by atoms with Crippen LogP contribution in [0.2, 0.25) is 0 Å². The molecule has 2 atom stereocenters. The average molecular weight is 295 g/mol. The Balaban J connectivity index is 1.87. The summed E-state index contributed by atoms with van der Waals surface area (Å²) < 4.78 is 0. The molecule has 0 aromatic carbocycles. The molecule has 0 aromatic rings. The van der Waals surface area contributed by atoms with Gasteiger partial charge in [-0.05, 0) is 58.7 Å². The Morgan fingerprint density at radius 3 is 2.43 bits per heavy atom. The number of hydrogen-bond donors (Lipinski definition) is 2. The molecule has 21 heavy (non-hydrogen) atoms. The summed E-state index contributed by atoms with van der Waals surface area (Å²) in [4.78, 5) is 14.4. The van der Waals surface area contributed by atoms with Crippen LogP contribution in [0.25, 0.3) is 0 Å². The number of likely N-dealkylation sites (N-methyl/N-ethyl adjacent to an activating group) is 1. The summed E-state index contributed by atoms with van der Waals surface area (Å²) in [5, 5.41) is 3.25. The van der Waals surface area contributed by atoms with Crippen molar-refractivity contribution in [3.63, 3.8) is 0 Å². The van der Waals surface area contributed by atoms with Crippen LogP contribution in [0.5, 0.6) is 0 Å². The molecule has 4 nitrogen and oxygen atoms in total. The van der Waals surface area contributed by atoms with Crippen LogP contribution in [-0.4, -0.2) is 43.0 Å². The monoisotopic (exact) mass is 295 g/mol. The molecule has 2 saturated carbocycles. The van der Waals surface area contributed by atoms with E-state index in [-0.39, 0.29) is 5.91 Å². The van der Waals surface area contributed by atoms with Crippen LogP contribution < -0.4 is 11.1 Å². The Morgan fingerprint density at radius 2 is 1.86 bits per heavy atom. The topological polar surface area (TPSA) is 58.4 Å². The molecule has 0 saturated heterocycles. The number of rotatable bonds is 6. The highest BCUT2D eigenvalue weighted by atomic mass is 16.1. The van der Waals surface area contributed by atoms with Gasteiger partial charge in [0.25, 0.3) is 0 Å². The third-order valence-corrected chi connectivity index (χ3v) is 5.98. The fourth-order valence-corrected chi connectivity index (χ4v) is 4.49. The van der Waals surface area contributed by atoms with Gasteiger partial charge in [-0.3, -0.25) is 4.79 Å². The van der Waals surface area contributed by atoms with E-state index in [2.05, 4.69) is 17.3 Å². The molecular formula is C17H33N3O. The molecule has 2 aliphatic carbocycles. The predicted octanol–water partition coefficient (Wildman–Crippen LogP) is 2.27. The maximum Gasteiger partial charge on any atom is 0.238 e. The van der Waals surface area contributed by atoms with E-state index >= 15 is 0 Å². The third-order valence-electron chi connectivity index (χ3n) is 5.98. The van der Waals surface area contributed by atoms with E-state index in [1.807, 2.05) is 7.05 Å². The lowest BCUT2D eigenvalue weighted by atomic mass is 9.84. The Kier molecular flexibility index (Phi) is 6.06. The number of carbonyl (C=O) groups excluding carboxylic acids is 1. The first-order valence-corrected chi connectivity index (χ1v) is 8.79. The Labute approximate surface area is 129 Å². The summed E-state index contributed by atoms with van der Waals surface area (Å²) in [5.74, 6) is 0.234. The van der Waals surface area contributed by atoms with Crippen molar-refractivity contribution in [1.82, 2.24) is 10.2 Å². The summed E-state index contributed by atoms with van der Waals surface area (Å²) in [7, 11) is 4.15. The lowest BCUT2D eigenvalue weighted by molar-refractivity contribution is -0.125. The van der Waals surface area contributed by atoms with Crippen molar-refractivity contribution < 1.29 is 4.79 Å². The normalized spacial score (nSPS) is 31.5. The third kappa shape index (κ3) is 3.78. The number of nitrogens with one attached hydrogen (secondary N) is 1. The molecular weight excluding hydrogens is 262 g/mol. The van der Waals surface area contributed by atoms with Crippen LogP contribution in [-0.2, 0) is 4.79 Å². The number of amides is 1. The number of primary amides is 1. The zero-order valence-electron chi connectivity index (χ0n) is 13.9. The lowest BCUT2D eigenvalue weighted by Gasteiger charge is -2.34. The minimum Gasteiger partial charge on any atom is -0.368 e. The zero-order valence-corrected chi connectivity index (χ0v) is 13.9. The molecule has 0 aromatic heterocycles. The van der Waals surface area contributed by atoms with Crippen LogP contribution >= 0.6 is 0 Å². The number of nitrogens with two attached hydrogens (primary N) is 1. The van der Waals surface area contributed by atoms with Gasteiger partial charge in [-0.1, -0.05) is 32.1 Å². The molecule has 0 bridgehead atoms. The van der Waals surface area contributed by atoms with Crippen LogP contribution in [0.1, 0.15) is 64.2 Å². The average Bonchev–Trinajstić information content (AvgIpc) is 2.70. The van der Waals surface area contributed by atoms with Gasteiger partial charge in [-0.15, -0.1) is 0 Å². The summed E-state index contributed by atoms with van der Waals surface area (Å²) in [6, 6.07) is 0.742. The fraction of sp³-hybridized carbons (Fsp3) is 0.941. The second kappa shape index (κ2) is 7.59. The van der Waals surface area contributed by atoms with Crippen LogP contribution in [0.15, 0.2) is 0 Å². The van der Waals surface area contributed by atoms with Crippen LogP contribution in [0, 0.1) is 5.92 Å². The predicted molar refractivity (Wildman–Crippen MR) is 87.1 cm³/mol. The molecule has 2 rings (SSSR count). The van der Waals surface area contributed by atoms with E-state index in [1.54, 1.807) is 0 Å². The highest BCUT2D eigenvalue weighted by Gasteiger charge is 2.46. The van der Waals surface area contributed by atoms with Crippen molar-refractivity contribution >= 4 is 5.91 Å². The highest BCUT2D eigenvalue weighted by Crippen LogP contribution is 2.38. The SMILES string of the molecule is CNC1(C(N)=O)CCCC1CCN(C)C1CCCCCC1. The van der Waals surface area contributed by atoms with Crippen LogP contribution in [0.3, 0.4) is 0 Å². The first-order chi connectivity index (χ1) is 10.1. The second-order valence-electron chi connectivity index (χ2n) is 7.09. The number of carbonyl (C=O) groups is 1. The van der Waals surface area contributed by atoms with Gasteiger partial charge in [0.1, 0.15) is 5.54 Å². The van der Waals surface area contributed by atoms with Gasteiger partial charge >= 0.3 is 0 Å². The van der Waals surface area contributed by atoms with Gasteiger partial charge < -0.3 is 16.0 Å². The molecule has 3 N–H and O–H groups in total. The van der Waals surface area contributed by atoms with E-state index in [0.29, 0.717) is 5.92 Å². The number of hydrogen-bond acceptors (Lipinski definition) is 3. The fourth-order valence-electron chi connectivity index (χ4n) is 4.49. The first kappa shape index (κ1) is 16.8. The van der Waals surface area contributed by atoms with Gasteiger partial charge in [0.15, 0.2) is 0 Å². The highest BCUT2D eigenvalue weighted by molar-refractivity contribution is 5.85. The quantitative estimate of drug-likeness (QED) is 0.739. The van der Waals surface area contributed by atoms with E-state index < -0.39 is 5.54 Å². The summed E-state index contributed by atoms with van der Waals surface area (Å²) >= 11 is 0. The maximum absolute atomic E-state index is 11.9.